The zero-order valence-electron chi connectivity index (χ0n) is 12.4. The number of hydrogen-bond acceptors (Lipinski definition) is 5. The Balaban J connectivity index is 2.29. The van der Waals surface area contributed by atoms with E-state index in [2.05, 4.69) is 10.3 Å². The second-order valence-corrected chi connectivity index (χ2v) is 5.10. The molecule has 2 rings (SSSR count). The number of rotatable bonds is 6. The molecule has 2 N–H and O–H groups in total. The summed E-state index contributed by atoms with van der Waals surface area (Å²) in [4.78, 5) is 37.5. The lowest BCUT2D eigenvalue weighted by molar-refractivity contribution is -0.383. The van der Waals surface area contributed by atoms with Gasteiger partial charge < -0.3 is 10.4 Å². The number of carboxylic acid groups (broad SMARTS) is 1. The number of fused-ring (bicyclic) bond motifs is 1. The Morgan fingerprint density at radius 2 is 2.13 bits per heavy atom. The maximum atomic E-state index is 12.3. The number of aromatic nitrogens is 1. The van der Waals surface area contributed by atoms with Gasteiger partial charge in [0, 0.05) is 24.7 Å². The van der Waals surface area contributed by atoms with Crippen LogP contribution in [0.15, 0.2) is 30.5 Å². The van der Waals surface area contributed by atoms with Crippen molar-refractivity contribution in [1.82, 2.24) is 10.3 Å². The molecule has 0 aliphatic carbocycles. The van der Waals surface area contributed by atoms with Gasteiger partial charge in [0.05, 0.1) is 21.4 Å². The Bertz CT molecular complexity index is 775. The third-order valence-corrected chi connectivity index (χ3v) is 3.36. The number of nitrogens with zero attached hydrogens (tertiary/aromatic N) is 2. The highest BCUT2D eigenvalue weighted by Crippen LogP contribution is 2.26. The van der Waals surface area contributed by atoms with Crippen LogP contribution in [0.4, 0.5) is 5.69 Å². The van der Waals surface area contributed by atoms with E-state index in [1.807, 2.05) is 0 Å². The number of hydrogen-bond donors (Lipinski definition) is 2. The Morgan fingerprint density at radius 3 is 2.78 bits per heavy atom. The fraction of sp³-hybridized carbons (Fsp3) is 0.267. The number of non-ortho nitro benzene ring substituents is 1. The predicted octanol–water partition coefficient (Wildman–Crippen LogP) is 2.13. The van der Waals surface area contributed by atoms with Crippen molar-refractivity contribution in [2.75, 3.05) is 0 Å². The summed E-state index contributed by atoms with van der Waals surface area (Å²) in [6, 6.07) is 5.37. The molecule has 2 aromatic rings. The van der Waals surface area contributed by atoms with Crippen molar-refractivity contribution in [3.8, 4) is 0 Å². The van der Waals surface area contributed by atoms with Crippen LogP contribution < -0.4 is 5.32 Å². The molecule has 0 aliphatic rings. The number of aliphatic carboxylic acids is 1. The van der Waals surface area contributed by atoms with E-state index in [4.69, 9.17) is 5.11 Å². The maximum Gasteiger partial charge on any atom is 0.303 e. The molecule has 0 fully saturated rings. The molecular weight excluding hydrogens is 302 g/mol. The monoisotopic (exact) mass is 317 g/mol. The van der Waals surface area contributed by atoms with E-state index in [9.17, 15) is 19.7 Å². The minimum Gasteiger partial charge on any atom is -0.481 e. The van der Waals surface area contributed by atoms with E-state index in [0.717, 1.165) is 0 Å². The molecule has 8 nitrogen and oxygen atoms in total. The van der Waals surface area contributed by atoms with Gasteiger partial charge in [0.1, 0.15) is 0 Å². The summed E-state index contributed by atoms with van der Waals surface area (Å²) >= 11 is 0. The van der Waals surface area contributed by atoms with E-state index < -0.39 is 16.8 Å². The quantitative estimate of drug-likeness (QED) is 0.621. The molecule has 0 saturated heterocycles. The Morgan fingerprint density at radius 1 is 1.39 bits per heavy atom. The highest BCUT2D eigenvalue weighted by molar-refractivity contribution is 6.07. The zero-order chi connectivity index (χ0) is 17.0. The minimum atomic E-state index is -0.937. The van der Waals surface area contributed by atoms with Gasteiger partial charge in [-0.15, -0.1) is 0 Å². The second kappa shape index (κ2) is 6.82. The van der Waals surface area contributed by atoms with Gasteiger partial charge in [0.15, 0.2) is 0 Å². The number of carboxylic acids is 1. The normalized spacial score (nSPS) is 11.9. The number of benzene rings is 1. The molecule has 0 saturated carbocycles. The highest BCUT2D eigenvalue weighted by atomic mass is 16.6. The van der Waals surface area contributed by atoms with Crippen molar-refractivity contribution in [2.24, 2.45) is 0 Å². The topological polar surface area (TPSA) is 122 Å². The van der Waals surface area contributed by atoms with E-state index in [1.54, 1.807) is 13.0 Å². The van der Waals surface area contributed by atoms with E-state index in [1.165, 1.54) is 24.4 Å². The lowest BCUT2D eigenvalue weighted by atomic mass is 10.1. The molecule has 0 spiro atoms. The summed E-state index contributed by atoms with van der Waals surface area (Å²) in [7, 11) is 0. The third kappa shape index (κ3) is 3.79. The molecule has 0 aliphatic heterocycles. The van der Waals surface area contributed by atoms with Crippen LogP contribution >= 0.6 is 0 Å². The number of nitro benzene ring substituents is 1. The Hall–Kier alpha value is -3.03. The van der Waals surface area contributed by atoms with Gasteiger partial charge in [0.2, 0.25) is 0 Å². The first kappa shape index (κ1) is 16.3. The summed E-state index contributed by atoms with van der Waals surface area (Å²) < 4.78 is 0. The maximum absolute atomic E-state index is 12.3. The van der Waals surface area contributed by atoms with Crippen LogP contribution in [0.5, 0.6) is 0 Å². The van der Waals surface area contributed by atoms with E-state index in [0.29, 0.717) is 6.42 Å². The first-order valence-corrected chi connectivity index (χ1v) is 6.95. The van der Waals surface area contributed by atoms with Gasteiger partial charge in [-0.1, -0.05) is 0 Å². The molecule has 1 aromatic heterocycles. The number of nitrogens with one attached hydrogen (secondary N) is 1. The minimum absolute atomic E-state index is 0.0549. The summed E-state index contributed by atoms with van der Waals surface area (Å²) in [5.41, 5.74) is 0.335. The van der Waals surface area contributed by atoms with Crippen molar-refractivity contribution in [1.29, 1.82) is 0 Å². The number of carbonyl (C=O) groups is 2. The first-order chi connectivity index (χ1) is 10.9. The second-order valence-electron chi connectivity index (χ2n) is 5.10. The fourth-order valence-electron chi connectivity index (χ4n) is 2.21. The molecule has 0 bridgehead atoms. The van der Waals surface area contributed by atoms with Gasteiger partial charge >= 0.3 is 5.97 Å². The summed E-state index contributed by atoms with van der Waals surface area (Å²) in [6.45, 7) is 1.70. The SMILES string of the molecule is CC(CCC(=O)O)NC(=O)c1ccc([N+](=O)[O-])c2cccnc12. The lowest BCUT2D eigenvalue weighted by Gasteiger charge is -2.13. The predicted molar refractivity (Wildman–Crippen MR) is 82.2 cm³/mol. The van der Waals surface area contributed by atoms with Crippen molar-refractivity contribution in [3.05, 3.63) is 46.1 Å². The van der Waals surface area contributed by atoms with Crippen LogP contribution in [-0.2, 0) is 4.79 Å². The number of carbonyl (C=O) groups excluding carboxylic acids is 1. The third-order valence-electron chi connectivity index (χ3n) is 3.36. The van der Waals surface area contributed by atoms with E-state index in [-0.39, 0.29) is 34.6 Å². The molecular formula is C15H15N3O5. The van der Waals surface area contributed by atoms with Gasteiger partial charge in [-0.2, -0.15) is 0 Å². The van der Waals surface area contributed by atoms with Crippen molar-refractivity contribution in [2.45, 2.75) is 25.8 Å². The molecule has 1 atom stereocenters. The molecule has 1 unspecified atom stereocenters. The Kier molecular flexibility index (Phi) is 4.85. The van der Waals surface area contributed by atoms with Crippen molar-refractivity contribution < 1.29 is 19.6 Å². The highest BCUT2D eigenvalue weighted by Gasteiger charge is 2.19. The average Bonchev–Trinajstić information content (AvgIpc) is 2.51. The summed E-state index contributed by atoms with van der Waals surface area (Å²) in [5, 5.41) is 22.7. The van der Waals surface area contributed by atoms with Crippen molar-refractivity contribution in [3.63, 3.8) is 0 Å². The standard InChI is InChI=1S/C15H15N3O5/c1-9(4-7-13(19)20)17-15(21)11-5-6-12(18(22)23)10-3-2-8-16-14(10)11/h2-3,5-6,8-9H,4,7H2,1H3,(H,17,21)(H,19,20). The van der Waals surface area contributed by atoms with Crippen molar-refractivity contribution >= 4 is 28.5 Å². The average molecular weight is 317 g/mol. The van der Waals surface area contributed by atoms with Gasteiger partial charge in [-0.3, -0.25) is 24.7 Å². The van der Waals surface area contributed by atoms with Gasteiger partial charge in [-0.25, -0.2) is 0 Å². The van der Waals surface area contributed by atoms with Crippen LogP contribution in [0.3, 0.4) is 0 Å². The molecule has 1 amide bonds. The Labute approximate surface area is 131 Å². The molecule has 23 heavy (non-hydrogen) atoms. The first-order valence-electron chi connectivity index (χ1n) is 6.95. The van der Waals surface area contributed by atoms with Crippen LogP contribution in [0.25, 0.3) is 10.9 Å². The molecule has 1 aromatic carbocycles. The molecule has 8 heteroatoms. The molecule has 120 valence electrons. The smallest absolute Gasteiger partial charge is 0.303 e. The van der Waals surface area contributed by atoms with Crippen LogP contribution in [0.2, 0.25) is 0 Å². The van der Waals surface area contributed by atoms with Gasteiger partial charge in [0.25, 0.3) is 11.6 Å². The summed E-state index contributed by atoms with van der Waals surface area (Å²) in [5.74, 6) is -1.38. The van der Waals surface area contributed by atoms with Crippen LogP contribution in [0.1, 0.15) is 30.1 Å². The largest absolute Gasteiger partial charge is 0.481 e. The van der Waals surface area contributed by atoms with Gasteiger partial charge in [-0.05, 0) is 31.5 Å². The zero-order valence-corrected chi connectivity index (χ0v) is 12.4. The molecule has 0 radical (unpaired) electrons. The number of amides is 1. The van der Waals surface area contributed by atoms with E-state index >= 15 is 0 Å². The lowest BCUT2D eigenvalue weighted by Crippen LogP contribution is -2.33. The number of pyridine rings is 1. The van der Waals surface area contributed by atoms with Crippen LogP contribution in [-0.4, -0.2) is 32.9 Å². The van der Waals surface area contributed by atoms with Crippen LogP contribution in [0, 0.1) is 10.1 Å². The fourth-order valence-corrected chi connectivity index (χ4v) is 2.21. The number of nitro groups is 1. The molecule has 1 heterocycles. The summed E-state index contributed by atoms with van der Waals surface area (Å²) in [6.07, 6.45) is 1.69.